The molecule has 0 spiro atoms. The maximum atomic E-state index is 12.7. The molecule has 0 aromatic heterocycles. The number of esters is 2. The molecule has 0 radical (unpaired) electrons. The van der Waals surface area contributed by atoms with Gasteiger partial charge in [-0.1, -0.05) is 180 Å². The summed E-state index contributed by atoms with van der Waals surface area (Å²) in [4.78, 5) is 35.4. The number of carbonyl (C=O) groups excluding carboxylic acids is 2. The van der Waals surface area contributed by atoms with E-state index in [1.807, 2.05) is 21.1 Å². The van der Waals surface area contributed by atoms with Crippen LogP contribution in [0.25, 0.3) is 0 Å². The van der Waals surface area contributed by atoms with Crippen molar-refractivity contribution in [1.29, 1.82) is 0 Å². The maximum absolute atomic E-state index is 12.7. The number of allylic oxidation sites excluding steroid dienone is 2. The first-order chi connectivity index (χ1) is 27.0. The smallest absolute Gasteiger partial charge is 0.462 e. The van der Waals surface area contributed by atoms with E-state index in [2.05, 4.69) is 26.0 Å². The first-order valence-electron chi connectivity index (χ1n) is 23.4. The molecule has 10 heteroatoms. The third kappa shape index (κ3) is 42.4. The van der Waals surface area contributed by atoms with E-state index in [0.717, 1.165) is 51.4 Å². The van der Waals surface area contributed by atoms with Gasteiger partial charge in [-0.05, 0) is 38.5 Å². The summed E-state index contributed by atoms with van der Waals surface area (Å²) in [5.41, 5.74) is 0. The number of nitrogens with zero attached hydrogens (tertiary/aromatic N) is 1. The number of hydrogen-bond donors (Lipinski definition) is 1. The molecule has 56 heavy (non-hydrogen) atoms. The Balaban J connectivity index is 4.31. The predicted octanol–water partition coefficient (Wildman–Crippen LogP) is 13.4. The Morgan fingerprint density at radius 1 is 0.536 bits per heavy atom. The second kappa shape index (κ2) is 39.2. The molecule has 0 bridgehead atoms. The molecule has 2 atom stereocenters. The molecular weight excluding hydrogens is 725 g/mol. The summed E-state index contributed by atoms with van der Waals surface area (Å²) in [6.45, 7) is 4.44. The fourth-order valence-corrected chi connectivity index (χ4v) is 7.34. The van der Waals surface area contributed by atoms with E-state index in [0.29, 0.717) is 17.4 Å². The van der Waals surface area contributed by atoms with Crippen LogP contribution in [0.1, 0.15) is 219 Å². The number of ether oxygens (including phenoxy) is 2. The van der Waals surface area contributed by atoms with Crippen molar-refractivity contribution in [2.75, 3.05) is 47.5 Å². The SMILES string of the molecule is CCCCCCCCC/C=C\CCCCCCCC(=O)OC[C@H](COP(=O)(O)OCC[N+](C)(C)C)OC(=O)CCCCCCCCCCCCCCCCCC. The van der Waals surface area contributed by atoms with Gasteiger partial charge in [0.25, 0.3) is 0 Å². The Kier molecular flexibility index (Phi) is 38.3. The number of unbranched alkanes of at least 4 members (excludes halogenated alkanes) is 27. The molecule has 0 heterocycles. The van der Waals surface area contributed by atoms with Crippen LogP contribution in [0.3, 0.4) is 0 Å². The summed E-state index contributed by atoms with van der Waals surface area (Å²) in [7, 11) is 1.48. The zero-order valence-corrected chi connectivity index (χ0v) is 38.3. The van der Waals surface area contributed by atoms with Crippen molar-refractivity contribution >= 4 is 19.8 Å². The van der Waals surface area contributed by atoms with E-state index >= 15 is 0 Å². The van der Waals surface area contributed by atoms with Crippen LogP contribution in [-0.2, 0) is 32.7 Å². The van der Waals surface area contributed by atoms with Gasteiger partial charge < -0.3 is 18.9 Å². The Labute approximate surface area is 346 Å². The lowest BCUT2D eigenvalue weighted by Gasteiger charge is -2.24. The van der Waals surface area contributed by atoms with Gasteiger partial charge in [-0.25, -0.2) is 4.57 Å². The lowest BCUT2D eigenvalue weighted by molar-refractivity contribution is -0.870. The average Bonchev–Trinajstić information content (AvgIpc) is 3.15. The van der Waals surface area contributed by atoms with Gasteiger partial charge in [0.1, 0.15) is 19.8 Å². The molecule has 1 N–H and O–H groups in total. The van der Waals surface area contributed by atoms with Gasteiger partial charge in [-0.2, -0.15) is 0 Å². The molecule has 332 valence electrons. The second-order valence-corrected chi connectivity index (χ2v) is 18.6. The van der Waals surface area contributed by atoms with Gasteiger partial charge >= 0.3 is 19.8 Å². The topological polar surface area (TPSA) is 108 Å². The molecule has 1 unspecified atom stereocenters. The first kappa shape index (κ1) is 54.8. The van der Waals surface area contributed by atoms with Gasteiger partial charge in [0.2, 0.25) is 0 Å². The Bertz CT molecular complexity index is 969. The number of carbonyl (C=O) groups is 2. The van der Waals surface area contributed by atoms with E-state index < -0.39 is 26.5 Å². The summed E-state index contributed by atoms with van der Waals surface area (Å²) in [6.07, 6.45) is 41.1. The minimum absolute atomic E-state index is 0.0337. The van der Waals surface area contributed by atoms with Crippen LogP contribution in [0.2, 0.25) is 0 Å². The Morgan fingerprint density at radius 3 is 1.32 bits per heavy atom. The summed E-state index contributed by atoms with van der Waals surface area (Å²) in [5.74, 6) is -0.796. The monoisotopic (exact) mass is 817 g/mol. The Hall–Kier alpha value is -1.25. The van der Waals surface area contributed by atoms with Crippen LogP contribution in [0.5, 0.6) is 0 Å². The summed E-state index contributed by atoms with van der Waals surface area (Å²) in [6, 6.07) is 0. The van der Waals surface area contributed by atoms with Gasteiger partial charge in [-0.15, -0.1) is 0 Å². The second-order valence-electron chi connectivity index (χ2n) is 17.1. The normalized spacial score (nSPS) is 13.6. The molecule has 0 aliphatic rings. The minimum Gasteiger partial charge on any atom is -0.462 e. The molecule has 0 saturated heterocycles. The van der Waals surface area contributed by atoms with E-state index in [4.69, 9.17) is 18.5 Å². The van der Waals surface area contributed by atoms with Crippen LogP contribution in [0.15, 0.2) is 12.2 Å². The standard InChI is InChI=1S/C46H90NO8P/c1-6-8-10-12-14-16-18-20-22-24-26-28-30-32-34-36-38-45(48)52-42-44(43-54-56(50,51)53-41-40-47(3,4)5)55-46(49)39-37-35-33-31-29-27-25-23-21-19-17-15-13-11-9-7-2/h22,24,44H,6-21,23,25-43H2,1-5H3/p+1/b24-22-/t44-/m1/s1. The highest BCUT2D eigenvalue weighted by Gasteiger charge is 2.27. The fourth-order valence-electron chi connectivity index (χ4n) is 6.60. The van der Waals surface area contributed by atoms with Crippen molar-refractivity contribution in [2.45, 2.75) is 225 Å². The van der Waals surface area contributed by atoms with Crippen LogP contribution in [0.4, 0.5) is 0 Å². The van der Waals surface area contributed by atoms with Gasteiger partial charge in [0.05, 0.1) is 27.7 Å². The highest BCUT2D eigenvalue weighted by molar-refractivity contribution is 7.47. The number of phosphoric acid groups is 1. The van der Waals surface area contributed by atoms with E-state index in [-0.39, 0.29) is 32.0 Å². The highest BCUT2D eigenvalue weighted by Crippen LogP contribution is 2.43. The maximum Gasteiger partial charge on any atom is 0.472 e. The molecular formula is C46H91NO8P+. The largest absolute Gasteiger partial charge is 0.472 e. The zero-order valence-electron chi connectivity index (χ0n) is 37.4. The molecule has 0 amide bonds. The van der Waals surface area contributed by atoms with Crippen molar-refractivity contribution in [3.8, 4) is 0 Å². The van der Waals surface area contributed by atoms with Gasteiger partial charge in [0, 0.05) is 12.8 Å². The van der Waals surface area contributed by atoms with Crippen molar-refractivity contribution in [2.24, 2.45) is 0 Å². The summed E-state index contributed by atoms with van der Waals surface area (Å²) in [5, 5.41) is 0. The van der Waals surface area contributed by atoms with Crippen LogP contribution in [-0.4, -0.2) is 74.9 Å². The highest BCUT2D eigenvalue weighted by atomic mass is 31.2. The number of likely N-dealkylation sites (N-methyl/N-ethyl adjacent to an activating group) is 1. The molecule has 0 saturated carbocycles. The van der Waals surface area contributed by atoms with Crippen molar-refractivity contribution in [3.63, 3.8) is 0 Å². The lowest BCUT2D eigenvalue weighted by Crippen LogP contribution is -2.37. The Morgan fingerprint density at radius 2 is 0.911 bits per heavy atom. The summed E-state index contributed by atoms with van der Waals surface area (Å²) < 4.78 is 34.4. The number of rotatable bonds is 43. The van der Waals surface area contributed by atoms with Crippen LogP contribution >= 0.6 is 7.82 Å². The number of phosphoric ester groups is 1. The van der Waals surface area contributed by atoms with Crippen molar-refractivity contribution in [3.05, 3.63) is 12.2 Å². The molecule has 0 aliphatic heterocycles. The number of quaternary nitrogens is 1. The van der Waals surface area contributed by atoms with E-state index in [1.165, 1.54) is 135 Å². The van der Waals surface area contributed by atoms with Crippen LogP contribution < -0.4 is 0 Å². The molecule has 0 fully saturated rings. The summed E-state index contributed by atoms with van der Waals surface area (Å²) >= 11 is 0. The lowest BCUT2D eigenvalue weighted by atomic mass is 10.0. The average molecular weight is 817 g/mol. The molecule has 0 rings (SSSR count). The van der Waals surface area contributed by atoms with Gasteiger partial charge in [-0.3, -0.25) is 18.6 Å². The van der Waals surface area contributed by atoms with E-state index in [9.17, 15) is 19.0 Å². The first-order valence-corrected chi connectivity index (χ1v) is 24.9. The zero-order chi connectivity index (χ0) is 41.4. The minimum atomic E-state index is -4.37. The van der Waals surface area contributed by atoms with Crippen LogP contribution in [0, 0.1) is 0 Å². The van der Waals surface area contributed by atoms with Crippen molar-refractivity contribution < 1.29 is 42.1 Å². The fraction of sp³-hybridized carbons (Fsp3) is 0.913. The molecule has 0 aromatic rings. The molecule has 0 aliphatic carbocycles. The molecule has 0 aromatic carbocycles. The van der Waals surface area contributed by atoms with E-state index in [1.54, 1.807) is 0 Å². The quantitative estimate of drug-likeness (QED) is 0.0213. The van der Waals surface area contributed by atoms with Crippen molar-refractivity contribution in [1.82, 2.24) is 0 Å². The third-order valence-corrected chi connectivity index (χ3v) is 11.3. The number of hydrogen-bond acceptors (Lipinski definition) is 7. The van der Waals surface area contributed by atoms with Gasteiger partial charge in [0.15, 0.2) is 6.10 Å². The predicted molar refractivity (Wildman–Crippen MR) is 234 cm³/mol. The molecule has 9 nitrogen and oxygen atoms in total. The third-order valence-electron chi connectivity index (χ3n) is 10.3.